The van der Waals surface area contributed by atoms with Crippen LogP contribution in [-0.2, 0) is 10.0 Å². The van der Waals surface area contributed by atoms with Gasteiger partial charge in [0.25, 0.3) is 10.0 Å². The zero-order valence-corrected chi connectivity index (χ0v) is 18.0. The van der Waals surface area contributed by atoms with Crippen molar-refractivity contribution in [3.05, 3.63) is 95.5 Å². The van der Waals surface area contributed by atoms with E-state index in [0.717, 1.165) is 9.87 Å². The third-order valence-electron chi connectivity index (χ3n) is 5.18. The van der Waals surface area contributed by atoms with Gasteiger partial charge in [-0.3, -0.25) is 4.31 Å². The molecule has 0 spiro atoms. The SMILES string of the molecule is CN(c1ccccc1)S(=O)(=O)c1cc(C2=C[NH+]([O-])C(c3ccccc3)C(N)=N2)cnc1N. The zero-order valence-electron chi connectivity index (χ0n) is 17.2. The molecule has 32 heavy (non-hydrogen) atoms. The molecule has 9 nitrogen and oxygen atoms in total. The van der Waals surface area contributed by atoms with Gasteiger partial charge in [0.2, 0.25) is 0 Å². The number of nitrogens with one attached hydrogen (secondary N) is 1. The predicted octanol–water partition coefficient (Wildman–Crippen LogP) is 1.28. The van der Waals surface area contributed by atoms with Crippen LogP contribution in [0.5, 0.6) is 0 Å². The number of aliphatic imine (C=N–C) groups is 1. The number of pyridine rings is 1. The van der Waals surface area contributed by atoms with Crippen molar-refractivity contribution in [2.75, 3.05) is 17.1 Å². The highest BCUT2D eigenvalue weighted by Gasteiger charge is 2.29. The van der Waals surface area contributed by atoms with E-state index in [0.29, 0.717) is 11.3 Å². The molecular weight excluding hydrogens is 428 g/mol. The number of hydrogen-bond acceptors (Lipinski definition) is 7. The lowest BCUT2D eigenvalue weighted by Gasteiger charge is -2.31. The summed E-state index contributed by atoms with van der Waals surface area (Å²) in [6, 6.07) is 18.4. The summed E-state index contributed by atoms with van der Waals surface area (Å²) in [6.45, 7) is 0. The number of rotatable bonds is 5. The highest BCUT2D eigenvalue weighted by atomic mass is 32.2. The number of benzene rings is 2. The van der Waals surface area contributed by atoms with Gasteiger partial charge in [0.15, 0.2) is 11.9 Å². The van der Waals surface area contributed by atoms with Crippen molar-refractivity contribution in [2.24, 2.45) is 10.7 Å². The second-order valence-corrected chi connectivity index (χ2v) is 9.17. The first-order chi connectivity index (χ1) is 15.3. The van der Waals surface area contributed by atoms with Crippen LogP contribution in [0.4, 0.5) is 11.5 Å². The van der Waals surface area contributed by atoms with E-state index in [1.165, 1.54) is 25.5 Å². The highest BCUT2D eigenvalue weighted by Crippen LogP contribution is 2.28. The zero-order chi connectivity index (χ0) is 22.9. The molecule has 0 radical (unpaired) electrons. The van der Waals surface area contributed by atoms with E-state index < -0.39 is 16.1 Å². The molecule has 4 rings (SSSR count). The number of sulfonamides is 1. The Morgan fingerprint density at radius 2 is 1.66 bits per heavy atom. The molecule has 1 aliphatic heterocycles. The maximum absolute atomic E-state index is 13.2. The van der Waals surface area contributed by atoms with Crippen molar-refractivity contribution in [3.8, 4) is 0 Å². The molecule has 3 aromatic rings. The second-order valence-electron chi connectivity index (χ2n) is 7.23. The molecule has 0 bridgehead atoms. The lowest BCUT2D eigenvalue weighted by molar-refractivity contribution is -0.815. The van der Waals surface area contributed by atoms with Crippen molar-refractivity contribution in [2.45, 2.75) is 10.9 Å². The van der Waals surface area contributed by atoms with Gasteiger partial charge in [-0.1, -0.05) is 48.5 Å². The van der Waals surface area contributed by atoms with Crippen LogP contribution in [0.15, 0.2) is 89.0 Å². The molecule has 2 aromatic carbocycles. The largest absolute Gasteiger partial charge is 0.628 e. The number of amidine groups is 1. The Hall–Kier alpha value is -3.73. The van der Waals surface area contributed by atoms with E-state index in [1.807, 2.05) is 18.2 Å². The number of anilines is 2. The monoisotopic (exact) mass is 450 g/mol. The fourth-order valence-corrected chi connectivity index (χ4v) is 4.74. The minimum absolute atomic E-state index is 0.126. The molecule has 1 aliphatic rings. The third kappa shape index (κ3) is 3.94. The molecule has 2 heterocycles. The van der Waals surface area contributed by atoms with Gasteiger partial charge in [-0.2, -0.15) is 0 Å². The first-order valence-corrected chi connectivity index (χ1v) is 11.2. The van der Waals surface area contributed by atoms with Crippen LogP contribution in [0.2, 0.25) is 0 Å². The Kier molecular flexibility index (Phi) is 5.66. The molecule has 0 saturated heterocycles. The lowest BCUT2D eigenvalue weighted by Crippen LogP contribution is -3.04. The standard InChI is InChI=1S/C22H22N6O3S/c1-27(17-10-6-3-7-11-17)32(30,31)19-12-16(13-25-21(19)23)18-14-28(29)20(22(24)26-18)15-8-4-2-5-9-15/h2-14,20,28H,1H3,(H2,23,25)(H2,24,26). The number of aromatic nitrogens is 1. The second kappa shape index (κ2) is 8.42. The molecule has 1 aromatic heterocycles. The number of nitrogen functional groups attached to an aromatic ring is 1. The number of nitrogens with two attached hydrogens (primary N) is 2. The summed E-state index contributed by atoms with van der Waals surface area (Å²) in [5, 5.41) is 12.6. The number of nitrogens with zero attached hydrogens (tertiary/aromatic N) is 3. The maximum Gasteiger partial charge on any atom is 0.267 e. The van der Waals surface area contributed by atoms with E-state index in [-0.39, 0.29) is 27.3 Å². The van der Waals surface area contributed by atoms with Crippen molar-refractivity contribution in [1.82, 2.24) is 4.98 Å². The number of para-hydroxylation sites is 1. The number of hydroxylamine groups is 2. The van der Waals surface area contributed by atoms with Crippen LogP contribution >= 0.6 is 0 Å². The molecule has 0 fully saturated rings. The van der Waals surface area contributed by atoms with Crippen molar-refractivity contribution in [1.29, 1.82) is 0 Å². The quantitative estimate of drug-likeness (QED) is 0.500. The Morgan fingerprint density at radius 3 is 2.28 bits per heavy atom. The topological polar surface area (TPSA) is 142 Å². The summed E-state index contributed by atoms with van der Waals surface area (Å²) in [5.74, 6) is -0.0280. The first-order valence-electron chi connectivity index (χ1n) is 9.73. The van der Waals surface area contributed by atoms with Gasteiger partial charge in [0.05, 0.1) is 5.69 Å². The Bertz CT molecular complexity index is 1290. The summed E-state index contributed by atoms with van der Waals surface area (Å²) >= 11 is 0. The smallest absolute Gasteiger partial charge is 0.267 e. The maximum atomic E-state index is 13.2. The van der Waals surface area contributed by atoms with Crippen LogP contribution < -0.4 is 20.8 Å². The summed E-state index contributed by atoms with van der Waals surface area (Å²) < 4.78 is 27.5. The van der Waals surface area contributed by atoms with Gasteiger partial charge >= 0.3 is 0 Å². The normalized spacial score (nSPS) is 18.6. The molecule has 164 valence electrons. The van der Waals surface area contributed by atoms with Gasteiger partial charge in [-0.05, 0) is 18.2 Å². The molecule has 2 unspecified atom stereocenters. The predicted molar refractivity (Wildman–Crippen MR) is 124 cm³/mol. The summed E-state index contributed by atoms with van der Waals surface area (Å²) in [5.41, 5.74) is 13.8. The van der Waals surface area contributed by atoms with Crippen molar-refractivity contribution in [3.63, 3.8) is 0 Å². The first kappa shape index (κ1) is 21.5. The van der Waals surface area contributed by atoms with E-state index in [9.17, 15) is 13.6 Å². The van der Waals surface area contributed by atoms with E-state index in [4.69, 9.17) is 11.5 Å². The number of hydrogen-bond donors (Lipinski definition) is 3. The average Bonchev–Trinajstić information content (AvgIpc) is 2.79. The Morgan fingerprint density at radius 1 is 1.03 bits per heavy atom. The molecule has 0 amide bonds. The Labute approximate surface area is 185 Å². The van der Waals surface area contributed by atoms with Gasteiger partial charge in [-0.25, -0.2) is 18.4 Å². The van der Waals surface area contributed by atoms with Crippen LogP contribution in [0.1, 0.15) is 17.2 Å². The molecule has 0 aliphatic carbocycles. The molecule has 2 atom stereocenters. The van der Waals surface area contributed by atoms with Gasteiger partial charge in [0.1, 0.15) is 22.6 Å². The average molecular weight is 451 g/mol. The molecule has 5 N–H and O–H groups in total. The minimum Gasteiger partial charge on any atom is -0.628 e. The summed E-state index contributed by atoms with van der Waals surface area (Å²) in [7, 11) is -2.58. The molecule has 0 saturated carbocycles. The summed E-state index contributed by atoms with van der Waals surface area (Å²) in [4.78, 5) is 8.21. The van der Waals surface area contributed by atoms with Gasteiger partial charge < -0.3 is 21.7 Å². The van der Waals surface area contributed by atoms with E-state index >= 15 is 0 Å². The fraction of sp³-hybridized carbons (Fsp3) is 0.0909. The van der Waals surface area contributed by atoms with E-state index in [2.05, 4.69) is 9.98 Å². The molecular formula is C22H22N6O3S. The van der Waals surface area contributed by atoms with Crippen molar-refractivity contribution >= 4 is 33.1 Å². The minimum atomic E-state index is -4.01. The Balaban J connectivity index is 1.71. The molecule has 10 heteroatoms. The highest BCUT2D eigenvalue weighted by molar-refractivity contribution is 7.93. The third-order valence-corrected chi connectivity index (χ3v) is 6.99. The van der Waals surface area contributed by atoms with Crippen molar-refractivity contribution < 1.29 is 13.5 Å². The van der Waals surface area contributed by atoms with Crippen LogP contribution in [0.3, 0.4) is 0 Å². The summed E-state index contributed by atoms with van der Waals surface area (Å²) in [6.07, 6.45) is 2.72. The van der Waals surface area contributed by atoms with Crippen LogP contribution in [0.25, 0.3) is 5.70 Å². The lowest BCUT2D eigenvalue weighted by atomic mass is 10.0. The van der Waals surface area contributed by atoms with E-state index in [1.54, 1.807) is 42.5 Å². The van der Waals surface area contributed by atoms with Gasteiger partial charge in [0, 0.05) is 24.4 Å². The number of quaternary nitrogens is 1. The van der Waals surface area contributed by atoms with Crippen LogP contribution in [0, 0.1) is 5.21 Å². The fourth-order valence-electron chi connectivity index (χ4n) is 3.45. The van der Waals surface area contributed by atoms with Gasteiger partial charge in [-0.15, -0.1) is 0 Å². The van der Waals surface area contributed by atoms with Crippen LogP contribution in [-0.4, -0.2) is 26.3 Å².